The van der Waals surface area contributed by atoms with Crippen molar-refractivity contribution in [1.29, 1.82) is 0 Å². The molecule has 1 aromatic carbocycles. The highest BCUT2D eigenvalue weighted by Gasteiger charge is 2.40. The van der Waals surface area contributed by atoms with Gasteiger partial charge in [0.15, 0.2) is 0 Å². The topological polar surface area (TPSA) is 45.1 Å². The first kappa shape index (κ1) is 17.3. The average molecular weight is 325 g/mol. The highest BCUT2D eigenvalue weighted by atomic mass is 35.5. The van der Waals surface area contributed by atoms with Gasteiger partial charge >= 0.3 is 0 Å². The zero-order chi connectivity index (χ0) is 16.5. The lowest BCUT2D eigenvalue weighted by atomic mass is 9.98. The Hall–Kier alpha value is -1.10. The number of hydroxylamine groups is 2. The van der Waals surface area contributed by atoms with Crippen LogP contribution in [0.25, 0.3) is 0 Å². The summed E-state index contributed by atoms with van der Waals surface area (Å²) in [7, 11) is 0. The predicted octanol–water partition coefficient (Wildman–Crippen LogP) is 4.03. The first-order chi connectivity index (χ1) is 10.1. The van der Waals surface area contributed by atoms with Crippen LogP contribution in [0.5, 0.6) is 0 Å². The molecule has 0 aromatic heterocycles. The molecule has 1 N–H and O–H groups in total. The molecule has 0 fully saturated rings. The third-order valence-electron chi connectivity index (χ3n) is 3.59. The van der Waals surface area contributed by atoms with Crippen LogP contribution in [0.3, 0.4) is 0 Å². The first-order valence-corrected chi connectivity index (χ1v) is 7.95. The molecule has 0 radical (unpaired) electrons. The van der Waals surface area contributed by atoms with Gasteiger partial charge in [-0.2, -0.15) is 5.06 Å². The smallest absolute Gasteiger partial charge is 0.204 e. The lowest BCUT2D eigenvalue weighted by molar-refractivity contribution is -0.187. The van der Waals surface area contributed by atoms with Crippen LogP contribution in [0.1, 0.15) is 46.2 Å². The van der Waals surface area contributed by atoms with E-state index in [-0.39, 0.29) is 5.54 Å². The molecular weight excluding hydrogens is 300 g/mol. The highest BCUT2D eigenvalue weighted by Crippen LogP contribution is 2.34. The van der Waals surface area contributed by atoms with Gasteiger partial charge in [0.2, 0.25) is 5.90 Å². The number of hydrogen-bond acceptors (Lipinski definition) is 4. The molecule has 0 spiro atoms. The molecule has 0 bridgehead atoms. The summed E-state index contributed by atoms with van der Waals surface area (Å²) in [6.45, 7) is 10.3. The van der Waals surface area contributed by atoms with Crippen LogP contribution in [0.15, 0.2) is 35.3 Å². The lowest BCUT2D eigenvalue weighted by Crippen LogP contribution is -2.46. The van der Waals surface area contributed by atoms with Crippen molar-refractivity contribution in [3.63, 3.8) is 0 Å². The Kier molecular flexibility index (Phi) is 4.85. The van der Waals surface area contributed by atoms with Crippen molar-refractivity contribution in [3.8, 4) is 0 Å². The van der Waals surface area contributed by atoms with Gasteiger partial charge in [0.25, 0.3) is 0 Å². The minimum absolute atomic E-state index is 0.272. The van der Waals surface area contributed by atoms with Gasteiger partial charge < -0.3 is 9.94 Å². The van der Waals surface area contributed by atoms with E-state index in [1.165, 1.54) is 5.06 Å². The molecule has 0 saturated heterocycles. The van der Waals surface area contributed by atoms with Gasteiger partial charge in [0.05, 0.1) is 11.6 Å². The lowest BCUT2D eigenvalue weighted by Gasteiger charge is -2.38. The fraction of sp³-hybridized carbons (Fsp3) is 0.588. The number of rotatable bonds is 4. The molecule has 0 aliphatic carbocycles. The van der Waals surface area contributed by atoms with Gasteiger partial charge in [0, 0.05) is 5.54 Å². The quantitative estimate of drug-likeness (QED) is 0.671. The second-order valence-electron chi connectivity index (χ2n) is 7.32. The Labute approximate surface area is 137 Å². The van der Waals surface area contributed by atoms with Crippen LogP contribution >= 0.6 is 11.6 Å². The van der Waals surface area contributed by atoms with E-state index in [1.807, 2.05) is 65.0 Å². The molecule has 0 amide bonds. The fourth-order valence-corrected chi connectivity index (χ4v) is 2.76. The molecule has 4 nitrogen and oxygen atoms in total. The van der Waals surface area contributed by atoms with Gasteiger partial charge in [0.1, 0.15) is 12.0 Å². The zero-order valence-corrected chi connectivity index (χ0v) is 14.6. The maximum absolute atomic E-state index is 10.7. The molecule has 1 aromatic rings. The summed E-state index contributed by atoms with van der Waals surface area (Å²) in [6, 6.07) is 9.28. The van der Waals surface area contributed by atoms with Crippen LogP contribution in [-0.2, 0) is 4.74 Å². The normalized spacial score (nSPS) is 20.5. The molecule has 22 heavy (non-hydrogen) atoms. The third-order valence-corrected chi connectivity index (χ3v) is 4.02. The van der Waals surface area contributed by atoms with E-state index >= 15 is 0 Å². The Bertz CT molecular complexity index is 537. The van der Waals surface area contributed by atoms with Gasteiger partial charge in [-0.1, -0.05) is 30.3 Å². The van der Waals surface area contributed by atoms with Crippen LogP contribution < -0.4 is 0 Å². The van der Waals surface area contributed by atoms with Crippen molar-refractivity contribution in [2.75, 3.05) is 6.61 Å². The standard InChI is InChI=1S/C17H25ClN2O2/c1-16(2,3)20(21)14(12-9-7-6-8-10-12)13(18)15-19-17(4,5)11-22-15/h6-10,13-14,21H,11H2,1-5H3/t13-,14-/m1/s1. The van der Waals surface area contributed by atoms with Crippen molar-refractivity contribution in [1.82, 2.24) is 5.06 Å². The molecule has 1 aliphatic heterocycles. The van der Waals surface area contributed by atoms with E-state index in [4.69, 9.17) is 16.3 Å². The summed E-state index contributed by atoms with van der Waals surface area (Å²) < 4.78 is 5.68. The molecule has 122 valence electrons. The van der Waals surface area contributed by atoms with Crippen molar-refractivity contribution < 1.29 is 9.94 Å². The highest BCUT2D eigenvalue weighted by molar-refractivity contribution is 6.31. The summed E-state index contributed by atoms with van der Waals surface area (Å²) >= 11 is 6.66. The Morgan fingerprint density at radius 3 is 2.32 bits per heavy atom. The minimum atomic E-state index is -0.562. The van der Waals surface area contributed by atoms with E-state index in [0.29, 0.717) is 12.5 Å². The second kappa shape index (κ2) is 6.19. The van der Waals surface area contributed by atoms with E-state index in [1.54, 1.807) is 0 Å². The molecule has 1 heterocycles. The van der Waals surface area contributed by atoms with Crippen molar-refractivity contribution in [2.45, 2.75) is 57.1 Å². The Balaban J connectivity index is 2.37. The molecule has 1 aliphatic rings. The second-order valence-corrected chi connectivity index (χ2v) is 7.79. The van der Waals surface area contributed by atoms with Gasteiger partial charge in [-0.25, -0.2) is 4.99 Å². The summed E-state index contributed by atoms with van der Waals surface area (Å²) in [5.74, 6) is 0.490. The van der Waals surface area contributed by atoms with E-state index in [0.717, 1.165) is 5.56 Å². The first-order valence-electron chi connectivity index (χ1n) is 7.51. The van der Waals surface area contributed by atoms with E-state index < -0.39 is 17.0 Å². The summed E-state index contributed by atoms with van der Waals surface area (Å²) in [6.07, 6.45) is 0. The number of ether oxygens (including phenoxy) is 1. The van der Waals surface area contributed by atoms with Crippen LogP contribution in [0.2, 0.25) is 0 Å². The predicted molar refractivity (Wildman–Crippen MR) is 89.7 cm³/mol. The van der Waals surface area contributed by atoms with Crippen molar-refractivity contribution in [3.05, 3.63) is 35.9 Å². The SMILES string of the molecule is CC1(C)COC([C@H](Cl)[C@@H](c2ccccc2)N(O)C(C)(C)C)=N1. The van der Waals surface area contributed by atoms with Crippen molar-refractivity contribution in [2.24, 2.45) is 4.99 Å². The van der Waals surface area contributed by atoms with E-state index in [2.05, 4.69) is 4.99 Å². The average Bonchev–Trinajstić information content (AvgIpc) is 2.79. The molecule has 2 atom stereocenters. The fourth-order valence-electron chi connectivity index (χ4n) is 2.39. The van der Waals surface area contributed by atoms with Crippen molar-refractivity contribution >= 4 is 17.5 Å². The number of halogens is 1. The van der Waals surface area contributed by atoms with E-state index in [9.17, 15) is 5.21 Å². The maximum Gasteiger partial charge on any atom is 0.204 e. The number of alkyl halides is 1. The third kappa shape index (κ3) is 3.80. The van der Waals surface area contributed by atoms with Gasteiger partial charge in [-0.3, -0.25) is 0 Å². The number of benzene rings is 1. The monoisotopic (exact) mass is 324 g/mol. The number of aliphatic imine (C=N–C) groups is 1. The minimum Gasteiger partial charge on any atom is -0.477 e. The van der Waals surface area contributed by atoms with Crippen LogP contribution in [0, 0.1) is 0 Å². The summed E-state index contributed by atoms with van der Waals surface area (Å²) in [5, 5.41) is 11.4. The summed E-state index contributed by atoms with van der Waals surface area (Å²) in [5.41, 5.74) is 0.199. The molecule has 0 saturated carbocycles. The molecule has 5 heteroatoms. The Morgan fingerprint density at radius 2 is 1.86 bits per heavy atom. The Morgan fingerprint density at radius 1 is 1.27 bits per heavy atom. The number of nitrogens with zero attached hydrogens (tertiary/aromatic N) is 2. The molecule has 2 rings (SSSR count). The van der Waals surface area contributed by atoms with Crippen LogP contribution in [0.4, 0.5) is 0 Å². The number of hydrogen-bond donors (Lipinski definition) is 1. The van der Waals surface area contributed by atoms with Crippen LogP contribution in [-0.4, -0.2) is 39.2 Å². The molecule has 0 unspecified atom stereocenters. The van der Waals surface area contributed by atoms with Gasteiger partial charge in [-0.05, 0) is 40.2 Å². The summed E-state index contributed by atoms with van der Waals surface area (Å²) in [4.78, 5) is 4.56. The molecular formula is C17H25ClN2O2. The van der Waals surface area contributed by atoms with Gasteiger partial charge in [-0.15, -0.1) is 11.6 Å². The zero-order valence-electron chi connectivity index (χ0n) is 13.9. The largest absolute Gasteiger partial charge is 0.477 e. The maximum atomic E-state index is 10.7.